The number of hydrogen-bond acceptors (Lipinski definition) is 2. The Morgan fingerprint density at radius 1 is 0.857 bits per heavy atom. The van der Waals surface area contributed by atoms with Crippen LogP contribution >= 0.6 is 0 Å². The average Bonchev–Trinajstić information content (AvgIpc) is 2.57. The molecule has 0 spiro atoms. The first-order chi connectivity index (χ1) is 10.3. The minimum Gasteiger partial charge on any atom is -0.493 e. The van der Waals surface area contributed by atoms with E-state index in [1.165, 1.54) is 7.11 Å². The summed E-state index contributed by atoms with van der Waals surface area (Å²) in [5.41, 5.74) is 1.74. The summed E-state index contributed by atoms with van der Waals surface area (Å²) in [7, 11) is 1.53. The fourth-order valence-electron chi connectivity index (χ4n) is 2.73. The number of carbonyl (C=O) groups excluding carboxylic acids is 1. The number of ketones is 1. The third-order valence-corrected chi connectivity index (χ3v) is 3.82. The zero-order valence-corrected chi connectivity index (χ0v) is 11.8. The smallest absolute Gasteiger partial charge is 0.219 e. The Bertz CT molecular complexity index is 657. The minimum atomic E-state index is -0.470. The van der Waals surface area contributed by atoms with Crippen molar-refractivity contribution in [2.75, 3.05) is 7.11 Å². The molecular weight excluding hydrogens is 260 g/mol. The van der Waals surface area contributed by atoms with E-state index in [4.69, 9.17) is 4.74 Å². The second-order valence-corrected chi connectivity index (χ2v) is 5.01. The molecule has 2 heteroatoms. The largest absolute Gasteiger partial charge is 0.493 e. The first kappa shape index (κ1) is 13.4. The predicted octanol–water partition coefficient (Wildman–Crippen LogP) is 3.64. The molecule has 0 aliphatic heterocycles. The van der Waals surface area contributed by atoms with Crippen LogP contribution in [0.5, 0.6) is 0 Å². The molecular formula is C19H16O2. The molecule has 0 saturated carbocycles. The number of benzene rings is 2. The number of methoxy groups -OCH3 is 1. The Hall–Kier alpha value is -2.61. The van der Waals surface area contributed by atoms with Crippen molar-refractivity contribution in [3.05, 3.63) is 95.8 Å². The van der Waals surface area contributed by atoms with Gasteiger partial charge in [0, 0.05) is 0 Å². The maximum Gasteiger partial charge on any atom is 0.219 e. The number of rotatable bonds is 3. The van der Waals surface area contributed by atoms with E-state index in [1.54, 1.807) is 6.08 Å². The summed E-state index contributed by atoms with van der Waals surface area (Å²) in [5, 5.41) is 0. The van der Waals surface area contributed by atoms with Crippen LogP contribution < -0.4 is 0 Å². The molecule has 0 aromatic heterocycles. The summed E-state index contributed by atoms with van der Waals surface area (Å²) < 4.78 is 5.26. The molecule has 2 aromatic carbocycles. The Balaban J connectivity index is 2.25. The van der Waals surface area contributed by atoms with Gasteiger partial charge < -0.3 is 4.74 Å². The van der Waals surface area contributed by atoms with E-state index in [-0.39, 0.29) is 5.78 Å². The van der Waals surface area contributed by atoms with Crippen molar-refractivity contribution < 1.29 is 9.53 Å². The number of ether oxygens (including phenoxy) is 1. The Labute approximate surface area is 124 Å². The van der Waals surface area contributed by atoms with Crippen LogP contribution in [0.4, 0.5) is 0 Å². The summed E-state index contributed by atoms with van der Waals surface area (Å²) in [4.78, 5) is 11.9. The van der Waals surface area contributed by atoms with Gasteiger partial charge in [-0.05, 0) is 23.3 Å². The fraction of sp³-hybridized carbons (Fsp3) is 0.105. The molecule has 0 N–H and O–H groups in total. The van der Waals surface area contributed by atoms with E-state index in [2.05, 4.69) is 24.3 Å². The summed E-state index contributed by atoms with van der Waals surface area (Å²) >= 11 is 0. The van der Waals surface area contributed by atoms with E-state index in [0.717, 1.165) is 11.1 Å². The molecule has 1 aliphatic carbocycles. The van der Waals surface area contributed by atoms with Gasteiger partial charge in [-0.25, -0.2) is 0 Å². The van der Waals surface area contributed by atoms with Gasteiger partial charge in [0.2, 0.25) is 5.78 Å². The molecule has 0 bridgehead atoms. The van der Waals surface area contributed by atoms with Crippen LogP contribution in [-0.2, 0) is 14.9 Å². The average molecular weight is 276 g/mol. The van der Waals surface area contributed by atoms with E-state index in [9.17, 15) is 4.79 Å². The number of hydrogen-bond donors (Lipinski definition) is 0. The highest BCUT2D eigenvalue weighted by Gasteiger charge is 2.34. The van der Waals surface area contributed by atoms with Crippen molar-refractivity contribution in [3.8, 4) is 0 Å². The van der Waals surface area contributed by atoms with Gasteiger partial charge in [-0.15, -0.1) is 0 Å². The number of carbonyl (C=O) groups is 1. The maximum absolute atomic E-state index is 11.9. The van der Waals surface area contributed by atoms with Crippen molar-refractivity contribution in [2.45, 2.75) is 5.41 Å². The van der Waals surface area contributed by atoms with Gasteiger partial charge in [0.15, 0.2) is 5.76 Å². The monoisotopic (exact) mass is 276 g/mol. The van der Waals surface area contributed by atoms with E-state index in [1.807, 2.05) is 48.6 Å². The normalized spacial score (nSPS) is 16.4. The van der Waals surface area contributed by atoms with Crippen molar-refractivity contribution in [3.63, 3.8) is 0 Å². The van der Waals surface area contributed by atoms with Crippen molar-refractivity contribution >= 4 is 5.78 Å². The lowest BCUT2D eigenvalue weighted by atomic mass is 9.72. The quantitative estimate of drug-likeness (QED) is 0.855. The molecule has 3 rings (SSSR count). The lowest BCUT2D eigenvalue weighted by molar-refractivity contribution is -0.114. The summed E-state index contributed by atoms with van der Waals surface area (Å²) in [5.74, 6) is 0.283. The summed E-state index contributed by atoms with van der Waals surface area (Å²) in [6.07, 6.45) is 5.45. The molecule has 2 aromatic rings. The zero-order chi connectivity index (χ0) is 14.7. The standard InChI is InChI=1S/C19H16O2/c1-21-18-14-19(13-12-17(18)20,15-8-4-2-5-9-15)16-10-6-3-7-11-16/h2-14H,1H3. The molecule has 0 heterocycles. The molecule has 0 amide bonds. The second-order valence-electron chi connectivity index (χ2n) is 5.01. The van der Waals surface area contributed by atoms with Gasteiger partial charge in [0.05, 0.1) is 12.5 Å². The lowest BCUT2D eigenvalue weighted by Gasteiger charge is -2.31. The highest BCUT2D eigenvalue weighted by atomic mass is 16.5. The third kappa shape index (κ3) is 2.29. The van der Waals surface area contributed by atoms with Crippen LogP contribution in [0.25, 0.3) is 0 Å². The Kier molecular flexibility index (Phi) is 3.44. The van der Waals surface area contributed by atoms with Crippen molar-refractivity contribution in [1.29, 1.82) is 0 Å². The molecule has 21 heavy (non-hydrogen) atoms. The van der Waals surface area contributed by atoms with E-state index >= 15 is 0 Å². The SMILES string of the molecule is COC1=CC(c2ccccc2)(c2ccccc2)C=CC1=O. The van der Waals surface area contributed by atoms with Crippen molar-refractivity contribution in [2.24, 2.45) is 0 Å². The summed E-state index contributed by atoms with van der Waals surface area (Å²) in [6.45, 7) is 0. The molecule has 0 radical (unpaired) electrons. The third-order valence-electron chi connectivity index (χ3n) is 3.82. The molecule has 0 saturated heterocycles. The molecule has 2 nitrogen and oxygen atoms in total. The van der Waals surface area contributed by atoms with E-state index in [0.29, 0.717) is 5.76 Å². The topological polar surface area (TPSA) is 26.3 Å². The van der Waals surface area contributed by atoms with Gasteiger partial charge in [-0.2, -0.15) is 0 Å². The Morgan fingerprint density at radius 2 is 1.38 bits per heavy atom. The second kappa shape index (κ2) is 5.41. The highest BCUT2D eigenvalue weighted by Crippen LogP contribution is 2.38. The maximum atomic E-state index is 11.9. The Morgan fingerprint density at radius 3 is 1.86 bits per heavy atom. The number of allylic oxidation sites excluding steroid dienone is 3. The molecule has 104 valence electrons. The van der Waals surface area contributed by atoms with Gasteiger partial charge in [0.25, 0.3) is 0 Å². The van der Waals surface area contributed by atoms with Gasteiger partial charge in [-0.3, -0.25) is 4.79 Å². The fourth-order valence-corrected chi connectivity index (χ4v) is 2.73. The van der Waals surface area contributed by atoms with Crippen molar-refractivity contribution in [1.82, 2.24) is 0 Å². The van der Waals surface area contributed by atoms with Crippen LogP contribution in [0, 0.1) is 0 Å². The first-order valence-electron chi connectivity index (χ1n) is 6.88. The van der Waals surface area contributed by atoms with Crippen LogP contribution in [0.1, 0.15) is 11.1 Å². The molecule has 0 unspecified atom stereocenters. The molecule has 0 fully saturated rings. The summed E-state index contributed by atoms with van der Waals surface area (Å²) in [6, 6.07) is 20.3. The highest BCUT2D eigenvalue weighted by molar-refractivity contribution is 6.04. The van der Waals surface area contributed by atoms with E-state index < -0.39 is 5.41 Å². The van der Waals surface area contributed by atoms with Gasteiger partial charge in [0.1, 0.15) is 0 Å². The zero-order valence-electron chi connectivity index (χ0n) is 11.8. The minimum absolute atomic E-state index is 0.0972. The lowest BCUT2D eigenvalue weighted by Crippen LogP contribution is -2.27. The van der Waals surface area contributed by atoms with Crippen LogP contribution in [-0.4, -0.2) is 12.9 Å². The molecule has 0 atom stereocenters. The van der Waals surface area contributed by atoms with Gasteiger partial charge >= 0.3 is 0 Å². The van der Waals surface area contributed by atoms with Gasteiger partial charge in [-0.1, -0.05) is 66.7 Å². The molecule has 1 aliphatic rings. The van der Waals surface area contributed by atoms with Crippen LogP contribution in [0.2, 0.25) is 0 Å². The predicted molar refractivity (Wildman–Crippen MR) is 82.9 cm³/mol. The first-order valence-corrected chi connectivity index (χ1v) is 6.88. The van der Waals surface area contributed by atoms with Crippen LogP contribution in [0.15, 0.2) is 84.7 Å². The van der Waals surface area contributed by atoms with Crippen LogP contribution in [0.3, 0.4) is 0 Å².